The third kappa shape index (κ3) is 4.04. The molecule has 0 bridgehead atoms. The highest BCUT2D eigenvalue weighted by Gasteiger charge is 1.99. The molecule has 0 heterocycles. The van der Waals surface area contributed by atoms with Crippen molar-refractivity contribution in [2.24, 2.45) is 0 Å². The average molecular weight is 202 g/mol. The molecule has 0 amide bonds. The first-order chi connectivity index (χ1) is 5.72. The van der Waals surface area contributed by atoms with Crippen molar-refractivity contribution in [3.63, 3.8) is 0 Å². The fourth-order valence-corrected chi connectivity index (χ4v) is 0.903. The Hall–Kier alpha value is -0.890. The lowest BCUT2D eigenvalue weighted by Crippen LogP contribution is -2.09. The Morgan fingerprint density at radius 1 is 1.46 bits per heavy atom. The van der Waals surface area contributed by atoms with Crippen molar-refractivity contribution in [3.05, 3.63) is 24.3 Å². The second-order valence-electron chi connectivity index (χ2n) is 2.91. The standard InChI is InChI=1S/C10H15NO.ClH/c1-3-8(2)12-10-6-4-5-9(11)7-10;/h4-8H,3,11H2,1-2H3;1H. The van der Waals surface area contributed by atoms with Crippen molar-refractivity contribution in [2.75, 3.05) is 5.73 Å². The van der Waals surface area contributed by atoms with Gasteiger partial charge in [-0.3, -0.25) is 0 Å². The van der Waals surface area contributed by atoms with Crippen LogP contribution in [-0.2, 0) is 0 Å². The molecule has 3 heteroatoms. The second-order valence-corrected chi connectivity index (χ2v) is 2.91. The van der Waals surface area contributed by atoms with Gasteiger partial charge in [-0.1, -0.05) is 13.0 Å². The second kappa shape index (κ2) is 5.70. The first-order valence-electron chi connectivity index (χ1n) is 4.24. The van der Waals surface area contributed by atoms with E-state index in [1.807, 2.05) is 31.2 Å². The summed E-state index contributed by atoms with van der Waals surface area (Å²) in [5.41, 5.74) is 6.34. The molecular weight excluding hydrogens is 186 g/mol. The van der Waals surface area contributed by atoms with Gasteiger partial charge in [0.1, 0.15) is 5.75 Å². The highest BCUT2D eigenvalue weighted by atomic mass is 35.5. The molecule has 2 nitrogen and oxygen atoms in total. The highest BCUT2D eigenvalue weighted by Crippen LogP contribution is 2.16. The Morgan fingerprint density at radius 3 is 2.69 bits per heavy atom. The molecule has 1 aromatic carbocycles. The van der Waals surface area contributed by atoms with Crippen LogP contribution >= 0.6 is 12.4 Å². The smallest absolute Gasteiger partial charge is 0.121 e. The molecular formula is C10H16ClNO. The summed E-state index contributed by atoms with van der Waals surface area (Å²) >= 11 is 0. The van der Waals surface area contributed by atoms with E-state index in [1.165, 1.54) is 0 Å². The van der Waals surface area contributed by atoms with E-state index in [9.17, 15) is 0 Å². The van der Waals surface area contributed by atoms with Gasteiger partial charge in [0.15, 0.2) is 0 Å². The molecule has 74 valence electrons. The summed E-state index contributed by atoms with van der Waals surface area (Å²) in [6.07, 6.45) is 1.27. The van der Waals surface area contributed by atoms with E-state index in [0.29, 0.717) is 0 Å². The number of hydrogen-bond donors (Lipinski definition) is 1. The topological polar surface area (TPSA) is 35.2 Å². The maximum Gasteiger partial charge on any atom is 0.121 e. The maximum absolute atomic E-state index is 5.60. The summed E-state index contributed by atoms with van der Waals surface area (Å²) in [7, 11) is 0. The zero-order valence-corrected chi connectivity index (χ0v) is 8.80. The maximum atomic E-state index is 5.60. The molecule has 0 aliphatic heterocycles. The van der Waals surface area contributed by atoms with Crippen LogP contribution in [0.1, 0.15) is 20.3 Å². The normalized spacial score (nSPS) is 11.5. The van der Waals surface area contributed by atoms with Gasteiger partial charge in [-0.05, 0) is 25.5 Å². The van der Waals surface area contributed by atoms with E-state index >= 15 is 0 Å². The van der Waals surface area contributed by atoms with Crippen molar-refractivity contribution in [1.82, 2.24) is 0 Å². The lowest BCUT2D eigenvalue weighted by atomic mass is 10.3. The van der Waals surface area contributed by atoms with Crippen LogP contribution in [0.2, 0.25) is 0 Å². The molecule has 1 atom stereocenters. The molecule has 0 saturated heterocycles. The predicted octanol–water partition coefficient (Wildman–Crippen LogP) is 2.87. The van der Waals surface area contributed by atoms with E-state index in [1.54, 1.807) is 0 Å². The quantitative estimate of drug-likeness (QED) is 0.764. The predicted molar refractivity (Wildman–Crippen MR) is 58.5 cm³/mol. The van der Waals surface area contributed by atoms with E-state index < -0.39 is 0 Å². The Labute approximate surface area is 85.5 Å². The van der Waals surface area contributed by atoms with Crippen molar-refractivity contribution >= 4 is 18.1 Å². The summed E-state index contributed by atoms with van der Waals surface area (Å²) in [4.78, 5) is 0. The Bertz CT molecular complexity index is 252. The van der Waals surface area contributed by atoms with Gasteiger partial charge in [-0.15, -0.1) is 12.4 Å². The highest BCUT2D eigenvalue weighted by molar-refractivity contribution is 5.85. The summed E-state index contributed by atoms with van der Waals surface area (Å²) in [5, 5.41) is 0. The van der Waals surface area contributed by atoms with Gasteiger partial charge in [0.05, 0.1) is 6.10 Å². The number of ether oxygens (including phenoxy) is 1. The lowest BCUT2D eigenvalue weighted by molar-refractivity contribution is 0.217. The van der Waals surface area contributed by atoms with Crippen molar-refractivity contribution in [2.45, 2.75) is 26.4 Å². The Balaban J connectivity index is 0.00000144. The number of nitrogen functional groups attached to an aromatic ring is 1. The molecule has 0 spiro atoms. The van der Waals surface area contributed by atoms with Gasteiger partial charge in [-0.25, -0.2) is 0 Å². The van der Waals surface area contributed by atoms with Crippen molar-refractivity contribution in [1.29, 1.82) is 0 Å². The van der Waals surface area contributed by atoms with Crippen LogP contribution in [0.5, 0.6) is 5.75 Å². The molecule has 0 radical (unpaired) electrons. The van der Waals surface area contributed by atoms with Crippen LogP contribution in [0.3, 0.4) is 0 Å². The van der Waals surface area contributed by atoms with Gasteiger partial charge in [0.2, 0.25) is 0 Å². The number of halogens is 1. The van der Waals surface area contributed by atoms with Gasteiger partial charge < -0.3 is 10.5 Å². The Kier molecular flexibility index (Phi) is 5.31. The molecule has 0 aromatic heterocycles. The summed E-state index contributed by atoms with van der Waals surface area (Å²) < 4.78 is 5.56. The van der Waals surface area contributed by atoms with Crippen LogP contribution in [0.25, 0.3) is 0 Å². The zero-order chi connectivity index (χ0) is 8.97. The minimum atomic E-state index is 0. The SMILES string of the molecule is CCC(C)Oc1cccc(N)c1.Cl. The lowest BCUT2D eigenvalue weighted by Gasteiger charge is -2.12. The number of hydrogen-bond acceptors (Lipinski definition) is 2. The first-order valence-corrected chi connectivity index (χ1v) is 4.24. The summed E-state index contributed by atoms with van der Waals surface area (Å²) in [6.45, 7) is 4.14. The molecule has 0 aliphatic carbocycles. The third-order valence-corrected chi connectivity index (χ3v) is 1.77. The van der Waals surface area contributed by atoms with Crippen LogP contribution < -0.4 is 10.5 Å². The first kappa shape index (κ1) is 12.1. The van der Waals surface area contributed by atoms with Crippen LogP contribution in [0.15, 0.2) is 24.3 Å². The Morgan fingerprint density at radius 2 is 2.15 bits per heavy atom. The number of anilines is 1. The molecule has 1 rings (SSSR count). The molecule has 0 fully saturated rings. The molecule has 0 aliphatic rings. The van der Waals surface area contributed by atoms with Gasteiger partial charge >= 0.3 is 0 Å². The average Bonchev–Trinajstić information content (AvgIpc) is 2.04. The molecule has 1 unspecified atom stereocenters. The molecule has 13 heavy (non-hydrogen) atoms. The van der Waals surface area contributed by atoms with Gasteiger partial charge in [0, 0.05) is 11.8 Å². The fraction of sp³-hybridized carbons (Fsp3) is 0.400. The van der Waals surface area contributed by atoms with Gasteiger partial charge in [-0.2, -0.15) is 0 Å². The summed E-state index contributed by atoms with van der Waals surface area (Å²) in [6, 6.07) is 7.51. The zero-order valence-electron chi connectivity index (χ0n) is 7.99. The minimum Gasteiger partial charge on any atom is -0.491 e. The van der Waals surface area contributed by atoms with Gasteiger partial charge in [0.25, 0.3) is 0 Å². The van der Waals surface area contributed by atoms with Crippen molar-refractivity contribution in [3.8, 4) is 5.75 Å². The minimum absolute atomic E-state index is 0. The molecule has 1 aromatic rings. The molecule has 2 N–H and O–H groups in total. The molecule has 0 saturated carbocycles. The number of benzene rings is 1. The van der Waals surface area contributed by atoms with E-state index in [-0.39, 0.29) is 18.5 Å². The largest absolute Gasteiger partial charge is 0.491 e. The number of nitrogens with two attached hydrogens (primary N) is 1. The van der Waals surface area contributed by atoms with E-state index in [0.717, 1.165) is 17.9 Å². The van der Waals surface area contributed by atoms with Crippen LogP contribution in [0.4, 0.5) is 5.69 Å². The summed E-state index contributed by atoms with van der Waals surface area (Å²) in [5.74, 6) is 0.851. The van der Waals surface area contributed by atoms with Crippen LogP contribution in [-0.4, -0.2) is 6.10 Å². The van der Waals surface area contributed by atoms with E-state index in [2.05, 4.69) is 6.92 Å². The third-order valence-electron chi connectivity index (χ3n) is 1.77. The fourth-order valence-electron chi connectivity index (χ4n) is 0.903. The number of rotatable bonds is 3. The van der Waals surface area contributed by atoms with E-state index in [4.69, 9.17) is 10.5 Å². The monoisotopic (exact) mass is 201 g/mol. The van der Waals surface area contributed by atoms with Crippen molar-refractivity contribution < 1.29 is 4.74 Å². The van der Waals surface area contributed by atoms with Crippen LogP contribution in [0, 0.1) is 0 Å².